The molecule has 0 unspecified atom stereocenters. The lowest BCUT2D eigenvalue weighted by atomic mass is 10.2. The van der Waals surface area contributed by atoms with E-state index in [1.54, 1.807) is 7.05 Å². The number of allylic oxidation sites excluding steroid dienone is 4. The van der Waals surface area contributed by atoms with E-state index in [1.807, 2.05) is 42.6 Å². The van der Waals surface area contributed by atoms with Crippen LogP contribution in [0.5, 0.6) is 0 Å². The molecular weight excluding hydrogens is 364 g/mol. The molecule has 1 aromatic carbocycles. The predicted octanol–water partition coefficient (Wildman–Crippen LogP) is 5.99. The summed E-state index contributed by atoms with van der Waals surface area (Å²) in [5, 5.41) is 13.7. The molecule has 6 heteroatoms. The van der Waals surface area contributed by atoms with Gasteiger partial charge in [-0.05, 0) is 49.2 Å². The van der Waals surface area contributed by atoms with E-state index in [4.69, 9.17) is 4.55 Å². The van der Waals surface area contributed by atoms with Gasteiger partial charge in [0.1, 0.15) is 0 Å². The summed E-state index contributed by atoms with van der Waals surface area (Å²) >= 11 is 0.861. The highest BCUT2D eigenvalue weighted by Crippen LogP contribution is 2.18. The van der Waals surface area contributed by atoms with Crippen LogP contribution in [-0.4, -0.2) is 29.1 Å². The summed E-state index contributed by atoms with van der Waals surface area (Å²) in [5.41, 5.74) is 1.90. The summed E-state index contributed by atoms with van der Waals surface area (Å²) in [6.07, 6.45) is 18.1. The van der Waals surface area contributed by atoms with Gasteiger partial charge in [0.2, 0.25) is 0 Å². The predicted molar refractivity (Wildman–Crippen MR) is 118 cm³/mol. The third-order valence-corrected chi connectivity index (χ3v) is 5.04. The molecule has 144 valence electrons. The number of anilines is 1. The standard InChI is InChI=1S/C20H30N2O2S2/c1-22(23)20-14-12-19(13-15-20)11-7-3-2-4-8-16-21-17-9-5-6-10-18-25-26-24/h2,4,7-8,11-16,21,23-24H,3,5-6,9-10,17-18H2,1H3/b4-2-,11-7+,16-8-. The van der Waals surface area contributed by atoms with Gasteiger partial charge in [0.05, 0.1) is 16.8 Å². The van der Waals surface area contributed by atoms with Crippen LogP contribution in [0.15, 0.2) is 54.8 Å². The van der Waals surface area contributed by atoms with Crippen LogP contribution >= 0.6 is 21.9 Å². The average Bonchev–Trinajstić information content (AvgIpc) is 2.65. The molecule has 0 saturated carbocycles. The van der Waals surface area contributed by atoms with Crippen LogP contribution in [-0.2, 0) is 0 Å². The molecule has 0 bridgehead atoms. The number of nitrogens with zero attached hydrogens (tertiary/aromatic N) is 1. The molecule has 0 aliphatic heterocycles. The Kier molecular flexibility index (Phi) is 13.9. The lowest BCUT2D eigenvalue weighted by molar-refractivity contribution is 0.279. The van der Waals surface area contributed by atoms with Crippen molar-refractivity contribution in [3.05, 3.63) is 60.3 Å². The molecule has 0 fully saturated rings. The molecule has 0 amide bonds. The normalized spacial score (nSPS) is 11.8. The summed E-state index contributed by atoms with van der Waals surface area (Å²) in [7, 11) is 3.12. The molecule has 26 heavy (non-hydrogen) atoms. The van der Waals surface area contributed by atoms with Crippen LogP contribution in [0.25, 0.3) is 6.08 Å². The van der Waals surface area contributed by atoms with Gasteiger partial charge < -0.3 is 9.87 Å². The first kappa shape index (κ1) is 22.7. The van der Waals surface area contributed by atoms with Crippen LogP contribution in [0.1, 0.15) is 37.7 Å². The summed E-state index contributed by atoms with van der Waals surface area (Å²) < 4.78 is 8.58. The summed E-state index contributed by atoms with van der Waals surface area (Å²) in [4.78, 5) is 0. The van der Waals surface area contributed by atoms with Crippen molar-refractivity contribution in [3.63, 3.8) is 0 Å². The molecule has 1 rings (SSSR count). The van der Waals surface area contributed by atoms with Crippen molar-refractivity contribution in [2.75, 3.05) is 24.4 Å². The molecule has 3 N–H and O–H groups in total. The molecule has 0 saturated heterocycles. The molecule has 0 heterocycles. The van der Waals surface area contributed by atoms with Crippen molar-refractivity contribution in [1.29, 1.82) is 0 Å². The first-order chi connectivity index (χ1) is 12.7. The highest BCUT2D eigenvalue weighted by Gasteiger charge is 1.94. The Bertz CT molecular complexity index is 543. The van der Waals surface area contributed by atoms with E-state index in [-0.39, 0.29) is 0 Å². The van der Waals surface area contributed by atoms with Crippen LogP contribution in [0.3, 0.4) is 0 Å². The number of hydrogen-bond donors (Lipinski definition) is 3. The highest BCUT2D eigenvalue weighted by molar-refractivity contribution is 8.74. The van der Waals surface area contributed by atoms with Gasteiger partial charge in [-0.3, -0.25) is 10.3 Å². The smallest absolute Gasteiger partial charge is 0.0631 e. The van der Waals surface area contributed by atoms with Gasteiger partial charge in [-0.15, -0.1) is 0 Å². The maximum absolute atomic E-state index is 9.32. The van der Waals surface area contributed by atoms with Gasteiger partial charge >= 0.3 is 0 Å². The Morgan fingerprint density at radius 1 is 1.04 bits per heavy atom. The van der Waals surface area contributed by atoms with E-state index in [0.29, 0.717) is 0 Å². The highest BCUT2D eigenvalue weighted by atomic mass is 33.1. The van der Waals surface area contributed by atoms with Gasteiger partial charge in [0.15, 0.2) is 0 Å². The molecule has 0 aliphatic carbocycles. The third kappa shape index (κ3) is 12.1. The van der Waals surface area contributed by atoms with E-state index in [2.05, 4.69) is 23.5 Å². The number of rotatable bonds is 14. The van der Waals surface area contributed by atoms with E-state index in [1.165, 1.54) is 36.5 Å². The lowest BCUT2D eigenvalue weighted by Crippen LogP contribution is -2.09. The minimum Gasteiger partial charge on any atom is -0.391 e. The summed E-state index contributed by atoms with van der Waals surface area (Å²) in [5.74, 6) is 1.03. The zero-order valence-electron chi connectivity index (χ0n) is 15.4. The first-order valence-corrected chi connectivity index (χ1v) is 11.2. The Morgan fingerprint density at radius 3 is 2.54 bits per heavy atom. The molecule has 0 radical (unpaired) electrons. The molecule has 0 aromatic heterocycles. The Balaban J connectivity index is 2.03. The zero-order valence-corrected chi connectivity index (χ0v) is 17.0. The second-order valence-electron chi connectivity index (χ2n) is 5.81. The lowest BCUT2D eigenvalue weighted by Gasteiger charge is -2.09. The van der Waals surface area contributed by atoms with Gasteiger partial charge in [-0.2, -0.15) is 0 Å². The van der Waals surface area contributed by atoms with E-state index < -0.39 is 0 Å². The van der Waals surface area contributed by atoms with Crippen molar-refractivity contribution >= 4 is 33.6 Å². The molecular formula is C20H30N2O2S2. The van der Waals surface area contributed by atoms with Crippen LogP contribution in [0, 0.1) is 0 Å². The number of benzene rings is 1. The Hall–Kier alpha value is -1.34. The third-order valence-electron chi connectivity index (χ3n) is 3.66. The monoisotopic (exact) mass is 394 g/mol. The minimum atomic E-state index is 0.777. The summed E-state index contributed by atoms with van der Waals surface area (Å²) in [6.45, 7) is 1.01. The number of hydrogen-bond acceptors (Lipinski definition) is 6. The number of nitrogens with one attached hydrogen (secondary N) is 1. The molecule has 0 aliphatic rings. The van der Waals surface area contributed by atoms with Gasteiger partial charge in [-0.1, -0.05) is 60.1 Å². The molecule has 4 nitrogen and oxygen atoms in total. The molecule has 1 aromatic rings. The number of hydroxylamine groups is 1. The second kappa shape index (κ2) is 15.9. The fraction of sp³-hybridized carbons (Fsp3) is 0.400. The van der Waals surface area contributed by atoms with Gasteiger partial charge in [0, 0.05) is 19.3 Å². The van der Waals surface area contributed by atoms with Crippen molar-refractivity contribution in [1.82, 2.24) is 5.32 Å². The zero-order chi connectivity index (χ0) is 18.9. The second-order valence-corrected chi connectivity index (χ2v) is 7.75. The SMILES string of the molecule is CN(O)c1ccc(/C=C/C/C=C\C=C/NCCCCCCSSO)cc1. The van der Waals surface area contributed by atoms with Gasteiger partial charge in [0.25, 0.3) is 0 Å². The van der Waals surface area contributed by atoms with E-state index >= 15 is 0 Å². The van der Waals surface area contributed by atoms with E-state index in [9.17, 15) is 5.21 Å². The Morgan fingerprint density at radius 2 is 1.81 bits per heavy atom. The summed E-state index contributed by atoms with van der Waals surface area (Å²) in [6, 6.07) is 7.74. The first-order valence-electron chi connectivity index (χ1n) is 8.91. The van der Waals surface area contributed by atoms with Crippen molar-refractivity contribution in [3.8, 4) is 0 Å². The maximum atomic E-state index is 9.32. The topological polar surface area (TPSA) is 55.7 Å². The fourth-order valence-electron chi connectivity index (χ4n) is 2.23. The molecule has 0 spiro atoms. The Labute approximate surface area is 165 Å². The van der Waals surface area contributed by atoms with Crippen LogP contribution in [0.2, 0.25) is 0 Å². The van der Waals surface area contributed by atoms with E-state index in [0.717, 1.165) is 46.1 Å². The average molecular weight is 395 g/mol. The van der Waals surface area contributed by atoms with Crippen molar-refractivity contribution in [2.45, 2.75) is 32.1 Å². The van der Waals surface area contributed by atoms with Crippen molar-refractivity contribution < 1.29 is 9.76 Å². The fourth-order valence-corrected chi connectivity index (χ4v) is 3.20. The largest absolute Gasteiger partial charge is 0.391 e. The molecule has 0 atom stereocenters. The minimum absolute atomic E-state index is 0.777. The van der Waals surface area contributed by atoms with Crippen molar-refractivity contribution in [2.24, 2.45) is 0 Å². The maximum Gasteiger partial charge on any atom is 0.0631 e. The van der Waals surface area contributed by atoms with Crippen LogP contribution < -0.4 is 10.4 Å². The number of unbranched alkanes of at least 4 members (excludes halogenated alkanes) is 3. The van der Waals surface area contributed by atoms with Crippen LogP contribution in [0.4, 0.5) is 5.69 Å². The quantitative estimate of drug-likeness (QED) is 0.118. The van der Waals surface area contributed by atoms with Gasteiger partial charge in [-0.25, -0.2) is 0 Å².